The zero-order chi connectivity index (χ0) is 15.7. The molecule has 0 spiro atoms. The number of carbonyl (C=O) groups excluding carboxylic acids is 1. The zero-order valence-electron chi connectivity index (χ0n) is 12.7. The van der Waals surface area contributed by atoms with Crippen molar-refractivity contribution in [1.82, 2.24) is 4.90 Å². The van der Waals surface area contributed by atoms with E-state index in [4.69, 9.17) is 4.74 Å². The molecule has 1 N–H and O–H groups in total. The summed E-state index contributed by atoms with van der Waals surface area (Å²) < 4.78 is 5.65. The molecule has 0 aromatic heterocycles. The van der Waals surface area contributed by atoms with E-state index in [9.17, 15) is 14.7 Å². The Morgan fingerprint density at radius 3 is 2.36 bits per heavy atom. The van der Waals surface area contributed by atoms with Crippen molar-refractivity contribution in [3.8, 4) is 5.75 Å². The second-order valence-corrected chi connectivity index (χ2v) is 6.24. The second kappa shape index (κ2) is 5.99. The monoisotopic (exact) mass is 303 g/mol. The summed E-state index contributed by atoms with van der Waals surface area (Å²) in [5.74, 6) is 0.256. The van der Waals surface area contributed by atoms with Crippen LogP contribution in [-0.4, -0.2) is 40.6 Å². The number of carbonyl (C=O) groups is 2. The average Bonchev–Trinajstić information content (AvgIpc) is 3.38. The first-order chi connectivity index (χ1) is 10.6. The molecule has 0 saturated heterocycles. The van der Waals surface area contributed by atoms with Crippen molar-refractivity contribution in [1.29, 1.82) is 0 Å². The van der Waals surface area contributed by atoms with Crippen LogP contribution in [0.15, 0.2) is 24.3 Å². The van der Waals surface area contributed by atoms with E-state index in [1.165, 1.54) is 17.7 Å². The third-order valence-electron chi connectivity index (χ3n) is 4.23. The van der Waals surface area contributed by atoms with Crippen LogP contribution in [0.3, 0.4) is 0 Å². The lowest BCUT2D eigenvalue weighted by atomic mass is 10.1. The van der Waals surface area contributed by atoms with Crippen LogP contribution >= 0.6 is 0 Å². The van der Waals surface area contributed by atoms with Crippen molar-refractivity contribution in [2.45, 2.75) is 44.7 Å². The molecule has 1 amide bonds. The van der Waals surface area contributed by atoms with Crippen LogP contribution in [0.25, 0.3) is 0 Å². The molecule has 1 unspecified atom stereocenters. The maximum atomic E-state index is 12.6. The van der Waals surface area contributed by atoms with Gasteiger partial charge in [-0.15, -0.1) is 0 Å². The van der Waals surface area contributed by atoms with Gasteiger partial charge in [-0.05, 0) is 62.8 Å². The predicted molar refractivity (Wildman–Crippen MR) is 81.0 cm³/mol. The zero-order valence-corrected chi connectivity index (χ0v) is 12.7. The molecule has 3 rings (SSSR count). The minimum atomic E-state index is -0.968. The van der Waals surface area contributed by atoms with Gasteiger partial charge in [0.2, 0.25) is 0 Å². The average molecular weight is 303 g/mol. The number of aliphatic carboxylic acids is 1. The minimum absolute atomic E-state index is 0.0596. The summed E-state index contributed by atoms with van der Waals surface area (Å²) in [6.07, 6.45) is 4.23. The van der Waals surface area contributed by atoms with E-state index in [2.05, 4.69) is 0 Å². The Morgan fingerprint density at radius 1 is 1.23 bits per heavy atom. The highest BCUT2D eigenvalue weighted by atomic mass is 16.5. The number of benzene rings is 1. The predicted octanol–water partition coefficient (Wildman–Crippen LogP) is 2.55. The lowest BCUT2D eigenvalue weighted by Crippen LogP contribution is -2.44. The van der Waals surface area contributed by atoms with E-state index in [1.807, 2.05) is 0 Å². The van der Waals surface area contributed by atoms with Gasteiger partial charge in [-0.3, -0.25) is 4.79 Å². The van der Waals surface area contributed by atoms with Crippen LogP contribution in [0.4, 0.5) is 0 Å². The number of carboxylic acids is 1. The van der Waals surface area contributed by atoms with Gasteiger partial charge in [0.1, 0.15) is 11.8 Å². The third-order valence-corrected chi connectivity index (χ3v) is 4.23. The highest BCUT2D eigenvalue weighted by Gasteiger charge is 2.38. The highest BCUT2D eigenvalue weighted by Crippen LogP contribution is 2.31. The van der Waals surface area contributed by atoms with Gasteiger partial charge in [0.05, 0.1) is 6.61 Å². The van der Waals surface area contributed by atoms with Crippen molar-refractivity contribution in [3.63, 3.8) is 0 Å². The van der Waals surface area contributed by atoms with Crippen molar-refractivity contribution >= 4 is 11.9 Å². The van der Waals surface area contributed by atoms with E-state index in [-0.39, 0.29) is 11.9 Å². The molecule has 2 saturated carbocycles. The van der Waals surface area contributed by atoms with E-state index in [1.54, 1.807) is 31.2 Å². The summed E-state index contributed by atoms with van der Waals surface area (Å²) in [5, 5.41) is 9.18. The Morgan fingerprint density at radius 2 is 1.86 bits per heavy atom. The molecule has 2 aliphatic carbocycles. The summed E-state index contributed by atoms with van der Waals surface area (Å²) >= 11 is 0. The number of rotatable bonds is 7. The van der Waals surface area contributed by atoms with Crippen molar-refractivity contribution in [2.24, 2.45) is 5.92 Å². The Labute approximate surface area is 129 Å². The van der Waals surface area contributed by atoms with Gasteiger partial charge < -0.3 is 14.7 Å². The number of amides is 1. The fourth-order valence-corrected chi connectivity index (χ4v) is 2.47. The van der Waals surface area contributed by atoms with Crippen molar-refractivity contribution in [2.75, 3.05) is 6.61 Å². The van der Waals surface area contributed by atoms with E-state index in [0.717, 1.165) is 25.2 Å². The van der Waals surface area contributed by atoms with Gasteiger partial charge in [0, 0.05) is 11.6 Å². The Bertz CT molecular complexity index is 561. The quantitative estimate of drug-likeness (QED) is 0.840. The fraction of sp³-hybridized carbons (Fsp3) is 0.529. The summed E-state index contributed by atoms with van der Waals surface area (Å²) in [4.78, 5) is 25.3. The lowest BCUT2D eigenvalue weighted by Gasteiger charge is -2.26. The molecule has 1 aromatic carbocycles. The van der Waals surface area contributed by atoms with Crippen LogP contribution in [0, 0.1) is 5.92 Å². The minimum Gasteiger partial charge on any atom is -0.493 e. The number of carboxylic acid groups (broad SMARTS) is 1. The first-order valence-corrected chi connectivity index (χ1v) is 7.84. The molecule has 1 atom stereocenters. The van der Waals surface area contributed by atoms with Crippen LogP contribution in [0.2, 0.25) is 0 Å². The first-order valence-electron chi connectivity index (χ1n) is 7.84. The second-order valence-electron chi connectivity index (χ2n) is 6.24. The van der Waals surface area contributed by atoms with Crippen molar-refractivity contribution in [3.05, 3.63) is 29.8 Å². The van der Waals surface area contributed by atoms with Crippen LogP contribution in [0.1, 0.15) is 43.0 Å². The maximum absolute atomic E-state index is 12.6. The van der Waals surface area contributed by atoms with Gasteiger partial charge in [0.15, 0.2) is 0 Å². The van der Waals surface area contributed by atoms with Crippen LogP contribution in [0.5, 0.6) is 5.75 Å². The number of hydrogen-bond acceptors (Lipinski definition) is 3. The molecule has 5 nitrogen and oxygen atoms in total. The highest BCUT2D eigenvalue weighted by molar-refractivity contribution is 5.97. The first kappa shape index (κ1) is 14.9. The molecule has 0 radical (unpaired) electrons. The summed E-state index contributed by atoms with van der Waals surface area (Å²) in [6.45, 7) is 2.29. The molecule has 118 valence electrons. The molecule has 0 heterocycles. The van der Waals surface area contributed by atoms with Gasteiger partial charge in [-0.1, -0.05) is 0 Å². The lowest BCUT2D eigenvalue weighted by molar-refractivity contribution is -0.141. The number of ether oxygens (including phenoxy) is 1. The molecular formula is C17H21NO4. The summed E-state index contributed by atoms with van der Waals surface area (Å²) in [6, 6.07) is 6.26. The smallest absolute Gasteiger partial charge is 0.326 e. The van der Waals surface area contributed by atoms with E-state index < -0.39 is 12.0 Å². The molecular weight excluding hydrogens is 282 g/mol. The standard InChI is InChI=1S/C17H21NO4/c1-11(17(20)21)18(14-6-7-14)16(19)13-4-8-15(9-5-13)22-10-12-2-3-12/h4-5,8-9,11-12,14H,2-3,6-7,10H2,1H3,(H,20,21). The number of hydrogen-bond donors (Lipinski definition) is 1. The molecule has 2 aliphatic rings. The molecule has 22 heavy (non-hydrogen) atoms. The third kappa shape index (κ3) is 3.40. The Balaban J connectivity index is 1.68. The topological polar surface area (TPSA) is 66.8 Å². The Kier molecular flexibility index (Phi) is 4.05. The van der Waals surface area contributed by atoms with Crippen LogP contribution < -0.4 is 4.74 Å². The van der Waals surface area contributed by atoms with E-state index >= 15 is 0 Å². The van der Waals surface area contributed by atoms with Crippen molar-refractivity contribution < 1.29 is 19.4 Å². The molecule has 0 aliphatic heterocycles. The van der Waals surface area contributed by atoms with E-state index in [0.29, 0.717) is 11.5 Å². The van der Waals surface area contributed by atoms with Gasteiger partial charge >= 0.3 is 5.97 Å². The summed E-state index contributed by atoms with van der Waals surface area (Å²) in [7, 11) is 0. The van der Waals surface area contributed by atoms with Gasteiger partial charge in [0.25, 0.3) is 5.91 Å². The largest absolute Gasteiger partial charge is 0.493 e. The fourth-order valence-electron chi connectivity index (χ4n) is 2.47. The normalized spacial score (nSPS) is 18.6. The molecule has 5 heteroatoms. The SMILES string of the molecule is CC(C(=O)O)N(C(=O)c1ccc(OCC2CC2)cc1)C1CC1. The van der Waals surface area contributed by atoms with Gasteiger partial charge in [-0.2, -0.15) is 0 Å². The van der Waals surface area contributed by atoms with Crippen LogP contribution in [-0.2, 0) is 4.79 Å². The van der Waals surface area contributed by atoms with Gasteiger partial charge in [-0.25, -0.2) is 4.79 Å². The molecule has 0 bridgehead atoms. The molecule has 2 fully saturated rings. The maximum Gasteiger partial charge on any atom is 0.326 e. The number of nitrogens with zero attached hydrogens (tertiary/aromatic N) is 1. The Hall–Kier alpha value is -2.04. The molecule has 1 aromatic rings. The summed E-state index contributed by atoms with van der Waals surface area (Å²) in [5.41, 5.74) is 0.513.